The second-order valence-corrected chi connectivity index (χ2v) is 9.58. The standard InChI is InChI=1S/C22H26N4O5S/c1-14-9-11-22(12-10-14)20(29)26(21(30)24-22)25-17(27)13-31-19(28)8-4-7-18-23-15-5-2-3-6-16(15)32-18/h2-3,5-6,14H,4,7-13H2,1H3,(H,24,30)(H,25,27). The number of aromatic nitrogens is 1. The van der Waals surface area contributed by atoms with Crippen molar-refractivity contribution in [3.8, 4) is 0 Å². The Morgan fingerprint density at radius 3 is 2.78 bits per heavy atom. The molecule has 1 aromatic heterocycles. The third kappa shape index (κ3) is 4.74. The number of para-hydroxylation sites is 1. The highest BCUT2D eigenvalue weighted by Gasteiger charge is 2.52. The summed E-state index contributed by atoms with van der Waals surface area (Å²) >= 11 is 1.59. The minimum atomic E-state index is -0.936. The molecule has 10 heteroatoms. The van der Waals surface area contributed by atoms with Gasteiger partial charge >= 0.3 is 12.0 Å². The topological polar surface area (TPSA) is 118 Å². The summed E-state index contributed by atoms with van der Waals surface area (Å²) in [6, 6.07) is 7.19. The molecular formula is C22H26N4O5S. The van der Waals surface area contributed by atoms with E-state index in [1.165, 1.54) is 0 Å². The van der Waals surface area contributed by atoms with Crippen LogP contribution in [0.15, 0.2) is 24.3 Å². The van der Waals surface area contributed by atoms with Crippen LogP contribution in [-0.2, 0) is 25.5 Å². The van der Waals surface area contributed by atoms with Gasteiger partial charge in [0.1, 0.15) is 5.54 Å². The van der Waals surface area contributed by atoms with Crippen molar-refractivity contribution in [2.75, 3.05) is 6.61 Å². The third-order valence-corrected chi connectivity index (χ3v) is 7.10. The minimum absolute atomic E-state index is 0.146. The molecule has 1 spiro atoms. The molecule has 1 aromatic carbocycles. The van der Waals surface area contributed by atoms with Gasteiger partial charge in [-0.05, 0) is 56.6 Å². The van der Waals surface area contributed by atoms with Crippen LogP contribution in [0.5, 0.6) is 0 Å². The van der Waals surface area contributed by atoms with Crippen LogP contribution in [0.1, 0.15) is 50.5 Å². The molecular weight excluding hydrogens is 432 g/mol. The summed E-state index contributed by atoms with van der Waals surface area (Å²) in [5.41, 5.74) is 2.27. The molecule has 32 heavy (non-hydrogen) atoms. The lowest BCUT2D eigenvalue weighted by atomic mass is 9.77. The van der Waals surface area contributed by atoms with Gasteiger partial charge in [-0.2, -0.15) is 5.01 Å². The molecule has 0 atom stereocenters. The zero-order valence-electron chi connectivity index (χ0n) is 17.9. The Kier molecular flexibility index (Phi) is 6.40. The van der Waals surface area contributed by atoms with Gasteiger partial charge in [0.05, 0.1) is 15.2 Å². The molecule has 9 nitrogen and oxygen atoms in total. The molecule has 2 heterocycles. The van der Waals surface area contributed by atoms with Gasteiger partial charge in [0.25, 0.3) is 11.8 Å². The van der Waals surface area contributed by atoms with Gasteiger partial charge in [0.2, 0.25) is 0 Å². The second-order valence-electron chi connectivity index (χ2n) is 8.46. The number of carbonyl (C=O) groups excluding carboxylic acids is 4. The van der Waals surface area contributed by atoms with E-state index in [4.69, 9.17) is 4.74 Å². The Bertz CT molecular complexity index is 1010. The van der Waals surface area contributed by atoms with E-state index in [1.807, 2.05) is 24.3 Å². The Balaban J connectivity index is 1.19. The molecule has 1 aliphatic heterocycles. The van der Waals surface area contributed by atoms with Gasteiger partial charge < -0.3 is 10.1 Å². The van der Waals surface area contributed by atoms with E-state index in [0.29, 0.717) is 36.6 Å². The number of ether oxygens (including phenoxy) is 1. The molecule has 2 aromatic rings. The van der Waals surface area contributed by atoms with Gasteiger partial charge in [-0.25, -0.2) is 9.78 Å². The second kappa shape index (κ2) is 9.23. The summed E-state index contributed by atoms with van der Waals surface area (Å²) in [6.45, 7) is 1.56. The van der Waals surface area contributed by atoms with Gasteiger partial charge in [-0.15, -0.1) is 11.3 Å². The molecule has 1 saturated heterocycles. The zero-order chi connectivity index (χ0) is 22.7. The number of hydrogen-bond donors (Lipinski definition) is 2. The molecule has 4 rings (SSSR count). The van der Waals surface area contributed by atoms with Crippen molar-refractivity contribution >= 4 is 45.4 Å². The first-order valence-corrected chi connectivity index (χ1v) is 11.6. The van der Waals surface area contributed by atoms with Crippen LogP contribution < -0.4 is 10.7 Å². The SMILES string of the molecule is CC1CCC2(CC1)NC(=O)N(NC(=O)COC(=O)CCCc1nc3ccccc3s1)C2=O. The van der Waals surface area contributed by atoms with E-state index < -0.39 is 36.0 Å². The lowest BCUT2D eigenvalue weighted by Gasteiger charge is -2.33. The predicted octanol–water partition coefficient (Wildman–Crippen LogP) is 2.69. The number of esters is 1. The average Bonchev–Trinajstić information content (AvgIpc) is 3.28. The number of imide groups is 1. The van der Waals surface area contributed by atoms with Crippen LogP contribution in [0.4, 0.5) is 4.79 Å². The van der Waals surface area contributed by atoms with Crippen molar-refractivity contribution in [2.24, 2.45) is 5.92 Å². The highest BCUT2D eigenvalue weighted by atomic mass is 32.1. The number of thiazole rings is 1. The number of urea groups is 1. The predicted molar refractivity (Wildman–Crippen MR) is 117 cm³/mol. The maximum Gasteiger partial charge on any atom is 0.344 e. The lowest BCUT2D eigenvalue weighted by Crippen LogP contribution is -2.52. The number of rotatable bonds is 7. The summed E-state index contributed by atoms with van der Waals surface area (Å²) in [5, 5.41) is 4.38. The maximum absolute atomic E-state index is 12.7. The summed E-state index contributed by atoms with van der Waals surface area (Å²) in [5.74, 6) is -1.20. The van der Waals surface area contributed by atoms with Crippen LogP contribution in [-0.4, -0.2) is 46.0 Å². The normalized spacial score (nSPS) is 22.9. The Hall–Kier alpha value is -3.01. The number of benzene rings is 1. The van der Waals surface area contributed by atoms with E-state index in [-0.39, 0.29) is 6.42 Å². The van der Waals surface area contributed by atoms with Crippen LogP contribution in [0.3, 0.4) is 0 Å². The molecule has 170 valence electrons. The van der Waals surface area contributed by atoms with E-state index in [9.17, 15) is 19.2 Å². The van der Waals surface area contributed by atoms with Crippen LogP contribution in [0.25, 0.3) is 10.2 Å². The number of hydrogen-bond acceptors (Lipinski definition) is 7. The van der Waals surface area contributed by atoms with Crippen molar-refractivity contribution < 1.29 is 23.9 Å². The third-order valence-electron chi connectivity index (χ3n) is 6.00. The number of fused-ring (bicyclic) bond motifs is 1. The number of hydrazine groups is 1. The molecule has 4 amide bonds. The van der Waals surface area contributed by atoms with Crippen molar-refractivity contribution in [2.45, 2.75) is 57.4 Å². The zero-order valence-corrected chi connectivity index (χ0v) is 18.7. The van der Waals surface area contributed by atoms with Crippen molar-refractivity contribution in [1.29, 1.82) is 0 Å². The molecule has 1 saturated carbocycles. The number of amides is 4. The minimum Gasteiger partial charge on any atom is -0.455 e. The van der Waals surface area contributed by atoms with Gasteiger partial charge in [-0.1, -0.05) is 19.1 Å². The Morgan fingerprint density at radius 1 is 1.28 bits per heavy atom. The number of nitrogens with zero attached hydrogens (tertiary/aromatic N) is 2. The number of nitrogens with one attached hydrogen (secondary N) is 2. The molecule has 0 radical (unpaired) electrons. The average molecular weight is 459 g/mol. The molecule has 2 fully saturated rings. The van der Waals surface area contributed by atoms with Crippen molar-refractivity contribution in [3.63, 3.8) is 0 Å². The van der Waals surface area contributed by atoms with Crippen molar-refractivity contribution in [3.05, 3.63) is 29.3 Å². The van der Waals surface area contributed by atoms with Crippen molar-refractivity contribution in [1.82, 2.24) is 20.7 Å². The first kappa shape index (κ1) is 22.2. The number of carbonyl (C=O) groups is 4. The van der Waals surface area contributed by atoms with E-state index in [0.717, 1.165) is 28.1 Å². The monoisotopic (exact) mass is 458 g/mol. The molecule has 2 aliphatic rings. The largest absolute Gasteiger partial charge is 0.455 e. The van der Waals surface area contributed by atoms with Gasteiger partial charge in [0, 0.05) is 6.42 Å². The summed E-state index contributed by atoms with van der Waals surface area (Å²) < 4.78 is 6.10. The fourth-order valence-corrected chi connectivity index (χ4v) is 5.11. The maximum atomic E-state index is 12.7. The quantitative estimate of drug-likeness (QED) is 0.487. The van der Waals surface area contributed by atoms with E-state index >= 15 is 0 Å². The fourth-order valence-electron chi connectivity index (χ4n) is 4.10. The van der Waals surface area contributed by atoms with Crippen LogP contribution in [0, 0.1) is 5.92 Å². The smallest absolute Gasteiger partial charge is 0.344 e. The lowest BCUT2D eigenvalue weighted by molar-refractivity contribution is -0.150. The van der Waals surface area contributed by atoms with Crippen LogP contribution in [0.2, 0.25) is 0 Å². The Morgan fingerprint density at radius 2 is 2.03 bits per heavy atom. The highest BCUT2D eigenvalue weighted by Crippen LogP contribution is 2.35. The summed E-state index contributed by atoms with van der Waals surface area (Å²) in [7, 11) is 0. The van der Waals surface area contributed by atoms with E-state index in [1.54, 1.807) is 11.3 Å². The molecule has 1 aliphatic carbocycles. The van der Waals surface area contributed by atoms with E-state index in [2.05, 4.69) is 22.7 Å². The van der Waals surface area contributed by atoms with Crippen LogP contribution >= 0.6 is 11.3 Å². The summed E-state index contributed by atoms with van der Waals surface area (Å²) in [4.78, 5) is 53.6. The van der Waals surface area contributed by atoms with Gasteiger partial charge in [-0.3, -0.25) is 19.8 Å². The molecule has 0 bridgehead atoms. The number of aryl methyl sites for hydroxylation is 1. The first-order chi connectivity index (χ1) is 15.4. The Labute approximate surface area is 189 Å². The molecule has 0 unspecified atom stereocenters. The van der Waals surface area contributed by atoms with Gasteiger partial charge in [0.15, 0.2) is 6.61 Å². The highest BCUT2D eigenvalue weighted by molar-refractivity contribution is 7.18. The molecule has 2 N–H and O–H groups in total. The first-order valence-electron chi connectivity index (χ1n) is 10.8. The fraction of sp³-hybridized carbons (Fsp3) is 0.500. The summed E-state index contributed by atoms with van der Waals surface area (Å²) in [6.07, 6.45) is 4.11.